The zero-order valence-electron chi connectivity index (χ0n) is 15.6. The predicted octanol–water partition coefficient (Wildman–Crippen LogP) is 4.49. The van der Waals surface area contributed by atoms with E-state index in [-0.39, 0.29) is 0 Å². The van der Waals surface area contributed by atoms with Gasteiger partial charge in [-0.15, -0.1) is 0 Å². The van der Waals surface area contributed by atoms with Crippen LogP contribution in [0.25, 0.3) is 0 Å². The van der Waals surface area contributed by atoms with Gasteiger partial charge in [-0.05, 0) is 36.0 Å². The van der Waals surface area contributed by atoms with E-state index in [1.807, 2.05) is 0 Å². The van der Waals surface area contributed by atoms with Crippen LogP contribution in [0.5, 0.6) is 0 Å². The van der Waals surface area contributed by atoms with E-state index >= 15 is 0 Å². The minimum atomic E-state index is 0.383. The van der Waals surface area contributed by atoms with Crippen molar-refractivity contribution in [1.29, 1.82) is 0 Å². The van der Waals surface area contributed by atoms with E-state index in [1.165, 1.54) is 24.8 Å². The maximum Gasteiger partial charge on any atom is 0.104 e. The molecule has 0 aromatic heterocycles. The molecule has 2 bridgehead atoms. The van der Waals surface area contributed by atoms with E-state index in [2.05, 4.69) is 65.2 Å². The molecular formula is C21H34NO+. The molecule has 2 fully saturated rings. The highest BCUT2D eigenvalue weighted by atomic mass is 16.5. The van der Waals surface area contributed by atoms with Crippen molar-refractivity contribution in [2.24, 2.45) is 16.7 Å². The van der Waals surface area contributed by atoms with Crippen LogP contribution in [-0.2, 0) is 11.3 Å². The number of ether oxygens (including phenoxy) is 1. The molecule has 3 atom stereocenters. The highest BCUT2D eigenvalue weighted by molar-refractivity contribution is 5.13. The molecule has 0 radical (unpaired) electrons. The van der Waals surface area contributed by atoms with Crippen LogP contribution in [0.3, 0.4) is 0 Å². The molecule has 1 aromatic carbocycles. The number of benzene rings is 1. The largest absolute Gasteiger partial charge is 0.372 e. The number of likely N-dealkylation sites (N-methyl/N-ethyl adjacent to an activating group) is 1. The third kappa shape index (κ3) is 3.08. The van der Waals surface area contributed by atoms with Gasteiger partial charge < -0.3 is 9.22 Å². The third-order valence-electron chi connectivity index (χ3n) is 7.18. The smallest absolute Gasteiger partial charge is 0.104 e. The van der Waals surface area contributed by atoms with Crippen molar-refractivity contribution in [2.75, 3.05) is 27.2 Å². The summed E-state index contributed by atoms with van der Waals surface area (Å²) in [6.07, 6.45) is 4.49. The molecule has 2 heteroatoms. The summed E-state index contributed by atoms with van der Waals surface area (Å²) < 4.78 is 7.42. The van der Waals surface area contributed by atoms with E-state index in [9.17, 15) is 0 Å². The fraction of sp³-hybridized carbons (Fsp3) is 0.714. The Hall–Kier alpha value is -0.860. The SMILES string of the molecule is CC1(C)[C@H]2CC[C@]1(C)[C@@H](OCC[N+](C)(C)Cc1ccccc1)C2. The van der Waals surface area contributed by atoms with Crippen LogP contribution in [-0.4, -0.2) is 37.8 Å². The normalized spacial score (nSPS) is 32.4. The summed E-state index contributed by atoms with van der Waals surface area (Å²) in [6, 6.07) is 10.8. The standard InChI is InChI=1S/C21H34NO/c1-20(2)18-11-12-21(20,3)19(15-18)23-14-13-22(4,5)16-17-9-7-6-8-10-17/h6-10,18-19H,11-16H2,1-5H3/q+1/t18-,19-,21+/m0/s1. The summed E-state index contributed by atoms with van der Waals surface area (Å²) in [5.74, 6) is 0.865. The van der Waals surface area contributed by atoms with Crippen molar-refractivity contribution >= 4 is 0 Å². The maximum absolute atomic E-state index is 6.43. The average Bonchev–Trinajstić information content (AvgIpc) is 2.81. The molecule has 0 spiro atoms. The first kappa shape index (κ1) is 17.0. The van der Waals surface area contributed by atoms with Crippen molar-refractivity contribution in [3.63, 3.8) is 0 Å². The van der Waals surface area contributed by atoms with Crippen LogP contribution in [0.4, 0.5) is 0 Å². The second-order valence-corrected chi connectivity index (χ2v) is 9.27. The number of quaternary nitrogens is 1. The Bertz CT molecular complexity index is 536. The highest BCUT2D eigenvalue weighted by Crippen LogP contribution is 2.66. The number of nitrogens with zero attached hydrogens (tertiary/aromatic N) is 1. The molecule has 0 heterocycles. The van der Waals surface area contributed by atoms with Crippen LogP contribution < -0.4 is 0 Å². The summed E-state index contributed by atoms with van der Waals surface area (Å²) >= 11 is 0. The molecule has 0 amide bonds. The molecule has 0 aliphatic heterocycles. The quantitative estimate of drug-likeness (QED) is 0.702. The molecule has 0 saturated heterocycles. The molecule has 2 saturated carbocycles. The lowest BCUT2D eigenvalue weighted by molar-refractivity contribution is -0.904. The summed E-state index contributed by atoms with van der Waals surface area (Å²) in [5, 5.41) is 0. The van der Waals surface area contributed by atoms with Crippen molar-refractivity contribution < 1.29 is 9.22 Å². The lowest BCUT2D eigenvalue weighted by Crippen LogP contribution is -2.43. The third-order valence-corrected chi connectivity index (χ3v) is 7.18. The van der Waals surface area contributed by atoms with Crippen molar-refractivity contribution in [3.8, 4) is 0 Å². The Labute approximate surface area is 142 Å². The molecule has 2 aliphatic carbocycles. The summed E-state index contributed by atoms with van der Waals surface area (Å²) in [6.45, 7) is 10.4. The Morgan fingerprint density at radius 2 is 1.83 bits per heavy atom. The minimum absolute atomic E-state index is 0.383. The van der Waals surface area contributed by atoms with Gasteiger partial charge in [0.1, 0.15) is 13.1 Å². The van der Waals surface area contributed by atoms with Gasteiger partial charge >= 0.3 is 0 Å². The fourth-order valence-electron chi connectivity index (χ4n) is 4.98. The summed E-state index contributed by atoms with van der Waals surface area (Å²) in [7, 11) is 4.62. The first-order valence-corrected chi connectivity index (χ1v) is 9.22. The molecule has 0 unspecified atom stereocenters. The molecule has 3 rings (SSSR count). The first-order chi connectivity index (χ1) is 10.7. The number of fused-ring (bicyclic) bond motifs is 2. The second kappa shape index (κ2) is 5.89. The highest BCUT2D eigenvalue weighted by Gasteiger charge is 2.61. The second-order valence-electron chi connectivity index (χ2n) is 9.27. The molecule has 1 aromatic rings. The van der Waals surface area contributed by atoms with Gasteiger partial charge in [-0.2, -0.15) is 0 Å². The van der Waals surface area contributed by atoms with E-state index in [0.29, 0.717) is 16.9 Å². The lowest BCUT2D eigenvalue weighted by atomic mass is 9.70. The molecule has 0 N–H and O–H groups in total. The Morgan fingerprint density at radius 1 is 1.13 bits per heavy atom. The van der Waals surface area contributed by atoms with Crippen molar-refractivity contribution in [3.05, 3.63) is 35.9 Å². The van der Waals surface area contributed by atoms with Crippen molar-refractivity contribution in [2.45, 2.75) is 52.7 Å². The van der Waals surface area contributed by atoms with E-state index in [0.717, 1.165) is 30.1 Å². The van der Waals surface area contributed by atoms with Crippen LogP contribution in [0.15, 0.2) is 30.3 Å². The number of rotatable bonds is 6. The van der Waals surface area contributed by atoms with Gasteiger partial charge in [0.25, 0.3) is 0 Å². The molecule has 2 nitrogen and oxygen atoms in total. The van der Waals surface area contributed by atoms with Crippen LogP contribution in [0, 0.1) is 16.7 Å². The monoisotopic (exact) mass is 316 g/mol. The molecule has 128 valence electrons. The first-order valence-electron chi connectivity index (χ1n) is 9.22. The van der Waals surface area contributed by atoms with E-state index < -0.39 is 0 Å². The fourth-order valence-corrected chi connectivity index (χ4v) is 4.98. The summed E-state index contributed by atoms with van der Waals surface area (Å²) in [5.41, 5.74) is 2.24. The molecule has 23 heavy (non-hydrogen) atoms. The summed E-state index contributed by atoms with van der Waals surface area (Å²) in [4.78, 5) is 0. The van der Waals surface area contributed by atoms with E-state index in [1.54, 1.807) is 0 Å². The van der Waals surface area contributed by atoms with Gasteiger partial charge in [0, 0.05) is 5.56 Å². The van der Waals surface area contributed by atoms with Crippen molar-refractivity contribution in [1.82, 2.24) is 0 Å². The average molecular weight is 317 g/mol. The number of hydrogen-bond acceptors (Lipinski definition) is 1. The maximum atomic E-state index is 6.43. The lowest BCUT2D eigenvalue weighted by Gasteiger charge is -2.39. The molecular weight excluding hydrogens is 282 g/mol. The van der Waals surface area contributed by atoms with Gasteiger partial charge in [0.2, 0.25) is 0 Å². The van der Waals surface area contributed by atoms with Crippen LogP contribution >= 0.6 is 0 Å². The van der Waals surface area contributed by atoms with Gasteiger partial charge in [0.05, 0.1) is 26.8 Å². The van der Waals surface area contributed by atoms with Gasteiger partial charge in [-0.1, -0.05) is 51.1 Å². The Morgan fingerprint density at radius 3 is 2.39 bits per heavy atom. The zero-order chi connectivity index (χ0) is 16.7. The van der Waals surface area contributed by atoms with Gasteiger partial charge in [-0.25, -0.2) is 0 Å². The molecule has 2 aliphatic rings. The number of hydrogen-bond donors (Lipinski definition) is 0. The van der Waals surface area contributed by atoms with Crippen LogP contribution in [0.1, 0.15) is 45.6 Å². The van der Waals surface area contributed by atoms with E-state index in [4.69, 9.17) is 4.74 Å². The predicted molar refractivity (Wildman–Crippen MR) is 96.1 cm³/mol. The topological polar surface area (TPSA) is 9.23 Å². The van der Waals surface area contributed by atoms with Gasteiger partial charge in [-0.3, -0.25) is 0 Å². The van der Waals surface area contributed by atoms with Gasteiger partial charge in [0.15, 0.2) is 0 Å². The zero-order valence-corrected chi connectivity index (χ0v) is 15.6. The minimum Gasteiger partial charge on any atom is -0.372 e. The Balaban J connectivity index is 1.52. The Kier molecular flexibility index (Phi) is 4.35. The van der Waals surface area contributed by atoms with Crippen LogP contribution in [0.2, 0.25) is 0 Å².